The number of nitrogens with zero attached hydrogens (tertiary/aromatic N) is 4. The van der Waals surface area contributed by atoms with Crippen molar-refractivity contribution in [1.29, 1.82) is 0 Å². The summed E-state index contributed by atoms with van der Waals surface area (Å²) in [5.41, 5.74) is 7.65. The molecule has 0 N–H and O–H groups in total. The average molecular weight is 927 g/mol. The summed E-state index contributed by atoms with van der Waals surface area (Å²) in [7, 11) is 0. The van der Waals surface area contributed by atoms with Crippen LogP contribution in [-0.2, 0) is 12.4 Å². The fourth-order valence-electron chi connectivity index (χ4n) is 9.79. The quantitative estimate of drug-likeness (QED) is 0.149. The van der Waals surface area contributed by atoms with Gasteiger partial charge in [0.25, 0.3) is 0 Å². The van der Waals surface area contributed by atoms with Gasteiger partial charge >= 0.3 is 12.4 Å². The van der Waals surface area contributed by atoms with E-state index in [1.807, 2.05) is 158 Å². The van der Waals surface area contributed by atoms with E-state index in [2.05, 4.69) is 0 Å². The molecule has 0 fully saturated rings. The molecule has 0 saturated heterocycles. The molecule has 12 rings (SSSR count). The Morgan fingerprint density at radius 3 is 1.16 bits per heavy atom. The Kier molecular flexibility index (Phi) is 10.0. The molecule has 0 spiro atoms. The van der Waals surface area contributed by atoms with Crippen molar-refractivity contribution in [3.05, 3.63) is 230 Å². The Morgan fingerprint density at radius 1 is 0.300 bits per heavy atom. The first-order chi connectivity index (χ1) is 34.0. The molecule has 0 bridgehead atoms. The summed E-state index contributed by atoms with van der Waals surface area (Å²) >= 11 is 0. The van der Waals surface area contributed by atoms with E-state index in [1.54, 1.807) is 33.7 Å². The Morgan fingerprint density at radius 2 is 0.714 bits per heavy atom. The summed E-state index contributed by atoms with van der Waals surface area (Å²) in [6, 6.07) is 60.7. The van der Waals surface area contributed by atoms with Crippen molar-refractivity contribution in [1.82, 2.24) is 19.1 Å². The molecule has 0 amide bonds. The van der Waals surface area contributed by atoms with Gasteiger partial charge < -0.3 is 9.13 Å². The highest BCUT2D eigenvalue weighted by Crippen LogP contribution is 2.47. The number of para-hydroxylation sites is 2. The van der Waals surface area contributed by atoms with Crippen molar-refractivity contribution in [2.45, 2.75) is 12.4 Å². The zero-order chi connectivity index (χ0) is 47.7. The smallest absolute Gasteiger partial charge is 0.309 e. The number of fused-ring (bicyclic) bond motifs is 6. The third-order valence-electron chi connectivity index (χ3n) is 13.1. The van der Waals surface area contributed by atoms with Gasteiger partial charge in [0.05, 0.1) is 56.0 Å². The summed E-state index contributed by atoms with van der Waals surface area (Å²) in [6.45, 7) is 0. The lowest BCUT2D eigenvalue weighted by molar-refractivity contribution is -0.138. The van der Waals surface area contributed by atoms with Gasteiger partial charge in [-0.05, 0) is 89.5 Å². The first-order valence-corrected chi connectivity index (χ1v) is 22.5. The minimum absolute atomic E-state index is 0.0594. The molecule has 4 heterocycles. The molecule has 0 aliphatic rings. The summed E-state index contributed by atoms with van der Waals surface area (Å²) in [4.78, 5) is 9.47. The van der Waals surface area contributed by atoms with E-state index in [1.165, 1.54) is 12.1 Å². The number of aromatic nitrogens is 4. The summed E-state index contributed by atoms with van der Waals surface area (Å²) < 4.78 is 94.4. The lowest BCUT2D eigenvalue weighted by Crippen LogP contribution is -2.11. The SMILES string of the molecule is FC(F)(F)c1cccc(-c2c(-n3c4ccccc4c4cc(-c5ccc(-c6ccccc6)nc5)ccc43)cc(C(F)(F)F)cc2-n2c3ccccc3c3cc(-c4ccc(-c5ccccc5)nc4)ccc32)c1. The van der Waals surface area contributed by atoms with E-state index in [0.717, 1.165) is 90.6 Å². The number of rotatable bonds is 7. The second-order valence-corrected chi connectivity index (χ2v) is 17.2. The van der Waals surface area contributed by atoms with E-state index >= 15 is 13.2 Å². The van der Waals surface area contributed by atoms with Crippen molar-refractivity contribution >= 4 is 43.6 Å². The standard InChI is InChI=1S/C60H36F6N4/c61-59(62,63)44-17-11-16-41(30-44)58-56(69-52-20-9-7-18-46(52)48-31-39(24-28-54(48)69)42-22-26-50(67-35-42)37-12-3-1-4-13-37)33-45(60(64,65)66)34-57(58)70-53-21-10-8-19-47(53)49-32-40(25-29-55(49)70)43-23-27-51(68-36-43)38-14-5-2-6-15-38/h1-36H. The normalized spacial score (nSPS) is 12.1. The van der Waals surface area contributed by atoms with Gasteiger partial charge in [-0.15, -0.1) is 0 Å². The molecule has 70 heavy (non-hydrogen) atoms. The highest BCUT2D eigenvalue weighted by atomic mass is 19.4. The molecule has 4 nitrogen and oxygen atoms in total. The van der Waals surface area contributed by atoms with Crippen LogP contribution in [0.15, 0.2) is 219 Å². The number of halogens is 6. The fourth-order valence-corrected chi connectivity index (χ4v) is 9.79. The lowest BCUT2D eigenvalue weighted by Gasteiger charge is -2.23. The minimum Gasteiger partial charge on any atom is -0.309 e. The van der Waals surface area contributed by atoms with Crippen molar-refractivity contribution in [2.24, 2.45) is 0 Å². The Bertz CT molecular complexity index is 3730. The van der Waals surface area contributed by atoms with Crippen LogP contribution in [0, 0.1) is 0 Å². The van der Waals surface area contributed by atoms with Crippen LogP contribution in [0.5, 0.6) is 0 Å². The van der Waals surface area contributed by atoms with Crippen LogP contribution in [0.2, 0.25) is 0 Å². The minimum atomic E-state index is -4.86. The molecule has 4 aromatic heterocycles. The topological polar surface area (TPSA) is 35.6 Å². The maximum atomic E-state index is 15.6. The van der Waals surface area contributed by atoms with Gasteiger partial charge in [-0.1, -0.05) is 133 Å². The summed E-state index contributed by atoms with van der Waals surface area (Å²) in [5.74, 6) is 0. The molecule has 338 valence electrons. The monoisotopic (exact) mass is 926 g/mol. The second kappa shape index (κ2) is 16.5. The Balaban J connectivity index is 1.11. The highest BCUT2D eigenvalue weighted by molar-refractivity contribution is 6.13. The van der Waals surface area contributed by atoms with Crippen LogP contribution in [0.4, 0.5) is 26.3 Å². The van der Waals surface area contributed by atoms with Gasteiger partial charge in [0, 0.05) is 61.8 Å². The molecule has 0 unspecified atom stereocenters. The van der Waals surface area contributed by atoms with Crippen molar-refractivity contribution in [3.8, 4) is 67.3 Å². The van der Waals surface area contributed by atoms with Crippen LogP contribution >= 0.6 is 0 Å². The molecule has 10 heteroatoms. The summed E-state index contributed by atoms with van der Waals surface area (Å²) in [5, 5.41) is 2.98. The van der Waals surface area contributed by atoms with E-state index in [0.29, 0.717) is 22.1 Å². The Hall–Kier alpha value is -8.76. The molecular formula is C60H36F6N4. The molecule has 0 saturated carbocycles. The number of alkyl halides is 6. The van der Waals surface area contributed by atoms with E-state index < -0.39 is 23.5 Å². The molecule has 0 radical (unpaired) electrons. The number of benzene rings is 8. The average Bonchev–Trinajstić information content (AvgIpc) is 3.90. The molecule has 0 aliphatic heterocycles. The zero-order valence-electron chi connectivity index (χ0n) is 36.8. The summed E-state index contributed by atoms with van der Waals surface area (Å²) in [6.07, 6.45) is -6.01. The van der Waals surface area contributed by atoms with Gasteiger partial charge in [-0.2, -0.15) is 26.3 Å². The maximum absolute atomic E-state index is 15.6. The number of hydrogen-bond donors (Lipinski definition) is 0. The lowest BCUT2D eigenvalue weighted by atomic mass is 9.96. The predicted molar refractivity (Wildman–Crippen MR) is 268 cm³/mol. The fraction of sp³-hybridized carbons (Fsp3) is 0.0333. The van der Waals surface area contributed by atoms with Gasteiger partial charge in [0.1, 0.15) is 0 Å². The third kappa shape index (κ3) is 7.36. The van der Waals surface area contributed by atoms with E-state index in [4.69, 9.17) is 9.97 Å². The number of pyridine rings is 2. The number of hydrogen-bond acceptors (Lipinski definition) is 2. The van der Waals surface area contributed by atoms with E-state index in [-0.39, 0.29) is 22.5 Å². The van der Waals surface area contributed by atoms with Gasteiger partial charge in [0.2, 0.25) is 0 Å². The van der Waals surface area contributed by atoms with Gasteiger partial charge in [0.15, 0.2) is 0 Å². The third-order valence-corrected chi connectivity index (χ3v) is 13.1. The van der Waals surface area contributed by atoms with Crippen LogP contribution in [0.3, 0.4) is 0 Å². The largest absolute Gasteiger partial charge is 0.416 e. The van der Waals surface area contributed by atoms with Crippen LogP contribution in [0.25, 0.3) is 111 Å². The van der Waals surface area contributed by atoms with Crippen molar-refractivity contribution < 1.29 is 26.3 Å². The molecule has 8 aromatic carbocycles. The van der Waals surface area contributed by atoms with Crippen LogP contribution in [-0.4, -0.2) is 19.1 Å². The van der Waals surface area contributed by atoms with Gasteiger partial charge in [-0.25, -0.2) is 0 Å². The predicted octanol–water partition coefficient (Wildman–Crippen LogP) is 17.0. The van der Waals surface area contributed by atoms with Crippen LogP contribution < -0.4 is 0 Å². The van der Waals surface area contributed by atoms with E-state index in [9.17, 15) is 13.2 Å². The first-order valence-electron chi connectivity index (χ1n) is 22.5. The molecule has 0 atom stereocenters. The second-order valence-electron chi connectivity index (χ2n) is 17.2. The van der Waals surface area contributed by atoms with Crippen molar-refractivity contribution in [2.75, 3.05) is 0 Å². The van der Waals surface area contributed by atoms with Gasteiger partial charge in [-0.3, -0.25) is 9.97 Å². The van der Waals surface area contributed by atoms with Crippen molar-refractivity contribution in [3.63, 3.8) is 0 Å². The zero-order valence-corrected chi connectivity index (χ0v) is 36.8. The molecule has 12 aromatic rings. The first kappa shape index (κ1) is 42.6. The molecule has 0 aliphatic carbocycles. The Labute approximate surface area is 397 Å². The van der Waals surface area contributed by atoms with Crippen LogP contribution in [0.1, 0.15) is 11.1 Å². The maximum Gasteiger partial charge on any atom is 0.416 e. The highest BCUT2D eigenvalue weighted by Gasteiger charge is 2.36. The molecular weight excluding hydrogens is 891 g/mol.